The third-order valence-corrected chi connectivity index (χ3v) is 4.65. The maximum Gasteiger partial charge on any atom is 0.417 e. The maximum atomic E-state index is 13.0. The molecule has 0 fully saturated rings. The molecule has 1 aliphatic heterocycles. The van der Waals surface area contributed by atoms with E-state index in [4.69, 9.17) is 5.26 Å². The molecule has 0 aliphatic carbocycles. The fourth-order valence-electron chi connectivity index (χ4n) is 3.12. The summed E-state index contributed by atoms with van der Waals surface area (Å²) in [4.78, 5) is 21.1. The van der Waals surface area contributed by atoms with Gasteiger partial charge in [-0.2, -0.15) is 18.4 Å². The average molecular weight is 441 g/mol. The highest BCUT2D eigenvalue weighted by atomic mass is 19.4. The number of carbonyl (C=O) groups excluding carboxylic acids is 1. The van der Waals surface area contributed by atoms with Crippen molar-refractivity contribution in [3.63, 3.8) is 0 Å². The smallest absolute Gasteiger partial charge is 0.371 e. The number of nitriles is 1. The molecule has 1 aliphatic rings. The van der Waals surface area contributed by atoms with Gasteiger partial charge in [0.05, 0.1) is 29.5 Å². The zero-order valence-electron chi connectivity index (χ0n) is 17.0. The number of anilines is 2. The number of hydrogen-bond donors (Lipinski definition) is 1. The number of hydrogen-bond acceptors (Lipinski definition) is 8. The lowest BCUT2D eigenvalue weighted by atomic mass is 10.1. The second kappa shape index (κ2) is 9.82. The van der Waals surface area contributed by atoms with Gasteiger partial charge < -0.3 is 10.2 Å². The molecule has 0 radical (unpaired) electrons. The average Bonchev–Trinajstić information content (AvgIpc) is 2.78. The highest BCUT2D eigenvalue weighted by Gasteiger charge is 2.35. The molecule has 164 valence electrons. The van der Waals surface area contributed by atoms with Crippen molar-refractivity contribution in [1.29, 1.82) is 5.26 Å². The topological polar surface area (TPSA) is 108 Å². The van der Waals surface area contributed by atoms with Gasteiger partial charge in [-0.1, -0.05) is 6.08 Å². The van der Waals surface area contributed by atoms with Crippen LogP contribution in [0.15, 0.2) is 54.0 Å². The number of rotatable bonds is 6. The zero-order chi connectivity index (χ0) is 23.1. The molecule has 0 bridgehead atoms. The molecule has 32 heavy (non-hydrogen) atoms. The highest BCUT2D eigenvalue weighted by molar-refractivity contribution is 5.71. The number of nitrogens with one attached hydrogen (secondary N) is 1. The number of halogens is 3. The Kier molecular flexibility index (Phi) is 6.94. The van der Waals surface area contributed by atoms with Gasteiger partial charge in [0.25, 0.3) is 0 Å². The third-order valence-electron chi connectivity index (χ3n) is 4.65. The van der Waals surface area contributed by atoms with Crippen LogP contribution in [0.4, 0.5) is 24.8 Å². The van der Waals surface area contributed by atoms with E-state index in [2.05, 4.69) is 25.5 Å². The number of alkyl halides is 3. The molecule has 0 spiro atoms. The van der Waals surface area contributed by atoms with Crippen LogP contribution in [0.5, 0.6) is 0 Å². The zero-order valence-corrected chi connectivity index (χ0v) is 17.0. The first-order chi connectivity index (χ1) is 15.4. The minimum atomic E-state index is -4.59. The molecule has 0 saturated heterocycles. The van der Waals surface area contributed by atoms with Crippen LogP contribution in [-0.4, -0.2) is 44.1 Å². The molecule has 0 saturated carbocycles. The first-order valence-corrected chi connectivity index (χ1v) is 9.51. The van der Waals surface area contributed by atoms with Crippen LogP contribution in [0, 0.1) is 11.3 Å². The van der Waals surface area contributed by atoms with E-state index in [0.29, 0.717) is 37.4 Å². The van der Waals surface area contributed by atoms with E-state index in [0.717, 1.165) is 23.4 Å². The highest BCUT2D eigenvalue weighted by Crippen LogP contribution is 2.31. The Morgan fingerprint density at radius 2 is 2.09 bits per heavy atom. The van der Waals surface area contributed by atoms with Crippen molar-refractivity contribution in [2.45, 2.75) is 26.1 Å². The molecule has 3 rings (SSSR count). The van der Waals surface area contributed by atoms with E-state index in [1.165, 1.54) is 25.4 Å². The molecule has 0 atom stereocenters. The normalized spacial score (nSPS) is 14.8. The quantitative estimate of drug-likeness (QED) is 0.411. The predicted molar refractivity (Wildman–Crippen MR) is 109 cm³/mol. The maximum absolute atomic E-state index is 13.0. The van der Waals surface area contributed by atoms with Crippen molar-refractivity contribution in [3.05, 3.63) is 71.0 Å². The fraction of sp³-hybridized carbons (Fsp3) is 0.238. The number of aldehydes is 1. The second-order valence-electron chi connectivity index (χ2n) is 6.69. The van der Waals surface area contributed by atoms with Crippen LogP contribution in [0.3, 0.4) is 0 Å². The lowest BCUT2D eigenvalue weighted by Gasteiger charge is -2.27. The summed E-state index contributed by atoms with van der Waals surface area (Å²) >= 11 is 0. The van der Waals surface area contributed by atoms with Crippen LogP contribution >= 0.6 is 0 Å². The van der Waals surface area contributed by atoms with Crippen LogP contribution in [0.1, 0.15) is 28.7 Å². The summed E-state index contributed by atoms with van der Waals surface area (Å²) in [5.74, 6) is 0.999. The largest absolute Gasteiger partial charge is 0.417 e. The Hall–Kier alpha value is -4.07. The Morgan fingerprint density at radius 3 is 2.72 bits per heavy atom. The molecule has 0 aromatic carbocycles. The summed E-state index contributed by atoms with van der Waals surface area (Å²) in [6.07, 6.45) is 3.06. The standard InChI is InChI=1S/C21H18F3N7O/c1-2-17(21(22,23)24)14(10-25)4-3-8-31-9-7-16-18(11-31)26-13-27-20(16)28-19-6-5-15(12-32)29-30-19/h2-6,8,12-13H,7,9,11H2,1H3,(H,26,27,28,30)/b8-3+,14-4-,17-2+. The Balaban J connectivity index is 1.72. The van der Waals surface area contributed by atoms with Crippen LogP contribution in [0.2, 0.25) is 0 Å². The molecule has 2 aromatic heterocycles. The monoisotopic (exact) mass is 441 g/mol. The van der Waals surface area contributed by atoms with Crippen LogP contribution in [-0.2, 0) is 13.0 Å². The molecule has 1 N–H and O–H groups in total. The van der Waals surface area contributed by atoms with Gasteiger partial charge in [-0.25, -0.2) is 9.97 Å². The van der Waals surface area contributed by atoms with E-state index < -0.39 is 17.3 Å². The Morgan fingerprint density at radius 1 is 1.28 bits per heavy atom. The number of allylic oxidation sites excluding steroid dienone is 5. The minimum absolute atomic E-state index is 0.216. The van der Waals surface area contributed by atoms with Crippen molar-refractivity contribution in [3.8, 4) is 6.07 Å². The van der Waals surface area contributed by atoms with E-state index in [1.807, 2.05) is 4.90 Å². The van der Waals surface area contributed by atoms with Crippen molar-refractivity contribution in [1.82, 2.24) is 25.1 Å². The SMILES string of the molecule is C\C=C(/C(C#N)=C\C=C\N1CCc2c(ncnc2Nc2ccc(C=O)nn2)C1)C(F)(F)F. The molecule has 3 heterocycles. The third kappa shape index (κ3) is 5.34. The lowest BCUT2D eigenvalue weighted by Crippen LogP contribution is -2.27. The summed E-state index contributed by atoms with van der Waals surface area (Å²) in [6.45, 7) is 2.24. The number of fused-ring (bicyclic) bond motifs is 1. The van der Waals surface area contributed by atoms with E-state index in [-0.39, 0.29) is 5.69 Å². The van der Waals surface area contributed by atoms with Gasteiger partial charge in [0.1, 0.15) is 17.8 Å². The van der Waals surface area contributed by atoms with Crippen molar-refractivity contribution >= 4 is 17.9 Å². The van der Waals surface area contributed by atoms with Gasteiger partial charge in [0, 0.05) is 12.1 Å². The summed E-state index contributed by atoms with van der Waals surface area (Å²) in [5.41, 5.74) is 0.434. The summed E-state index contributed by atoms with van der Waals surface area (Å²) < 4.78 is 39.0. The lowest BCUT2D eigenvalue weighted by molar-refractivity contribution is -0.0890. The second-order valence-corrected chi connectivity index (χ2v) is 6.69. The van der Waals surface area contributed by atoms with Crippen molar-refractivity contribution in [2.75, 3.05) is 11.9 Å². The molecule has 8 nitrogen and oxygen atoms in total. The van der Waals surface area contributed by atoms with Gasteiger partial charge >= 0.3 is 6.18 Å². The van der Waals surface area contributed by atoms with Crippen LogP contribution < -0.4 is 5.32 Å². The number of nitrogens with zero attached hydrogens (tertiary/aromatic N) is 6. The van der Waals surface area contributed by atoms with E-state index in [9.17, 15) is 18.0 Å². The minimum Gasteiger partial charge on any atom is -0.371 e. The summed E-state index contributed by atoms with van der Waals surface area (Å²) in [5, 5.41) is 19.8. The van der Waals surface area contributed by atoms with Crippen LogP contribution in [0.25, 0.3) is 0 Å². The molecular weight excluding hydrogens is 423 g/mol. The number of aromatic nitrogens is 4. The van der Waals surface area contributed by atoms with Gasteiger partial charge in [-0.3, -0.25) is 4.79 Å². The van der Waals surface area contributed by atoms with Gasteiger partial charge in [-0.15, -0.1) is 10.2 Å². The molecular formula is C21H18F3N7O. The summed E-state index contributed by atoms with van der Waals surface area (Å²) in [7, 11) is 0. The van der Waals surface area contributed by atoms with Gasteiger partial charge in [0.2, 0.25) is 0 Å². The number of carbonyl (C=O) groups is 1. The predicted octanol–water partition coefficient (Wildman–Crippen LogP) is 3.65. The fourth-order valence-corrected chi connectivity index (χ4v) is 3.12. The molecule has 0 unspecified atom stereocenters. The summed E-state index contributed by atoms with van der Waals surface area (Å²) in [6, 6.07) is 4.74. The van der Waals surface area contributed by atoms with Gasteiger partial charge in [-0.05, 0) is 43.8 Å². The molecule has 2 aromatic rings. The molecule has 0 amide bonds. The van der Waals surface area contributed by atoms with E-state index >= 15 is 0 Å². The Labute approximate surface area is 181 Å². The van der Waals surface area contributed by atoms with Crippen molar-refractivity contribution < 1.29 is 18.0 Å². The first-order valence-electron chi connectivity index (χ1n) is 9.51. The Bertz CT molecular complexity index is 1120. The first kappa shape index (κ1) is 22.6. The van der Waals surface area contributed by atoms with Crippen molar-refractivity contribution in [2.24, 2.45) is 0 Å². The van der Waals surface area contributed by atoms with Gasteiger partial charge in [0.15, 0.2) is 12.1 Å². The molecule has 11 heteroatoms. The van der Waals surface area contributed by atoms with E-state index in [1.54, 1.807) is 18.3 Å².